The van der Waals surface area contributed by atoms with Gasteiger partial charge in [-0.25, -0.2) is 28.0 Å². The summed E-state index contributed by atoms with van der Waals surface area (Å²) in [5, 5.41) is -0.423. The normalized spacial score (nSPS) is 18.2. The average molecular weight is 698 g/mol. The van der Waals surface area contributed by atoms with Crippen molar-refractivity contribution in [2.45, 2.75) is 31.5 Å². The Kier molecular flexibility index (Phi) is 10.3. The molecule has 0 saturated carbocycles. The summed E-state index contributed by atoms with van der Waals surface area (Å²) < 4.78 is 59.2. The molecule has 0 bridgehead atoms. The molecular formula is C38H29F2NO10. The summed E-state index contributed by atoms with van der Waals surface area (Å²) >= 11 is 0. The molecule has 13 heteroatoms. The average Bonchev–Trinajstić information content (AvgIpc) is 3.48. The van der Waals surface area contributed by atoms with Crippen LogP contribution in [0.1, 0.15) is 54.6 Å². The van der Waals surface area contributed by atoms with E-state index in [1.165, 1.54) is 43.3 Å². The Morgan fingerprint density at radius 3 is 1.75 bits per heavy atom. The van der Waals surface area contributed by atoms with Crippen molar-refractivity contribution in [2.24, 2.45) is 0 Å². The maximum absolute atomic E-state index is 14.8. The van der Waals surface area contributed by atoms with E-state index in [1.807, 2.05) is 0 Å². The zero-order chi connectivity index (χ0) is 36.1. The van der Waals surface area contributed by atoms with Crippen molar-refractivity contribution in [1.29, 1.82) is 0 Å². The summed E-state index contributed by atoms with van der Waals surface area (Å²) in [6.07, 6.45) is -4.99. The Bertz CT molecular complexity index is 2140. The van der Waals surface area contributed by atoms with Gasteiger partial charge in [0.1, 0.15) is 18.3 Å². The summed E-state index contributed by atoms with van der Waals surface area (Å²) in [5.74, 6) is -6.26. The summed E-state index contributed by atoms with van der Waals surface area (Å²) in [6.45, 7) is 0.860. The molecule has 4 aromatic carbocycles. The lowest BCUT2D eigenvalue weighted by Gasteiger charge is -2.26. The first-order chi connectivity index (χ1) is 24.7. The van der Waals surface area contributed by atoms with Crippen molar-refractivity contribution in [3.8, 4) is 0 Å². The van der Waals surface area contributed by atoms with Crippen LogP contribution in [0.2, 0.25) is 0 Å². The molecular weight excluding hydrogens is 668 g/mol. The van der Waals surface area contributed by atoms with Gasteiger partial charge >= 0.3 is 23.9 Å². The number of carbonyl (C=O) groups excluding carboxylic acids is 4. The van der Waals surface area contributed by atoms with Crippen LogP contribution in [0.5, 0.6) is 0 Å². The van der Waals surface area contributed by atoms with E-state index in [9.17, 15) is 32.8 Å². The molecule has 0 amide bonds. The Morgan fingerprint density at radius 1 is 0.686 bits per heavy atom. The predicted octanol–water partition coefficient (Wildman–Crippen LogP) is 5.66. The number of carbonyl (C=O) groups is 4. The number of benzene rings is 4. The lowest BCUT2D eigenvalue weighted by Crippen LogP contribution is -2.41. The number of nitrogens with zero attached hydrogens (tertiary/aromatic N) is 1. The molecule has 1 saturated heterocycles. The molecule has 11 nitrogen and oxygen atoms in total. The third-order valence-corrected chi connectivity index (χ3v) is 8.02. The Labute approximate surface area is 288 Å². The van der Waals surface area contributed by atoms with Crippen LogP contribution in [0.3, 0.4) is 0 Å². The molecule has 0 radical (unpaired) electrons. The second-order valence-electron chi connectivity index (χ2n) is 11.3. The Balaban J connectivity index is 1.49. The minimum Gasteiger partial charge on any atom is -0.462 e. The summed E-state index contributed by atoms with van der Waals surface area (Å²) in [7, 11) is 0. The van der Waals surface area contributed by atoms with Crippen molar-refractivity contribution in [1.82, 2.24) is 4.57 Å². The van der Waals surface area contributed by atoms with Gasteiger partial charge in [-0.1, -0.05) is 54.6 Å². The Morgan fingerprint density at radius 2 is 1.20 bits per heavy atom. The molecule has 0 aliphatic carbocycles. The van der Waals surface area contributed by atoms with Crippen LogP contribution >= 0.6 is 0 Å². The van der Waals surface area contributed by atoms with E-state index in [0.29, 0.717) is 12.1 Å². The fourth-order valence-electron chi connectivity index (χ4n) is 5.59. The van der Waals surface area contributed by atoms with Gasteiger partial charge in [0.15, 0.2) is 30.1 Å². The highest BCUT2D eigenvalue weighted by Gasteiger charge is 2.51. The fourth-order valence-corrected chi connectivity index (χ4v) is 5.59. The number of ether oxygens (including phenoxy) is 5. The van der Waals surface area contributed by atoms with Crippen molar-refractivity contribution >= 4 is 34.8 Å². The van der Waals surface area contributed by atoms with E-state index >= 15 is 0 Å². The van der Waals surface area contributed by atoms with Crippen molar-refractivity contribution in [3.05, 3.63) is 153 Å². The maximum Gasteiger partial charge on any atom is 0.343 e. The largest absolute Gasteiger partial charge is 0.462 e. The third-order valence-electron chi connectivity index (χ3n) is 8.02. The molecule has 6 rings (SSSR count). The smallest absolute Gasteiger partial charge is 0.343 e. The van der Waals surface area contributed by atoms with Gasteiger partial charge in [0.2, 0.25) is 5.43 Å². The topological polar surface area (TPSA) is 136 Å². The SMILES string of the molecule is CCOC(=O)c1cn([C@@H]2O[C@H](COC(=O)c3ccccc3)[C@@H](OC(=O)c3ccccc3)[C@H]2OC(=O)c2ccccc2)c2cc(F)c(F)cc2c1=O. The number of hydrogen-bond acceptors (Lipinski definition) is 10. The third kappa shape index (κ3) is 7.38. The highest BCUT2D eigenvalue weighted by Crippen LogP contribution is 2.37. The molecule has 0 unspecified atom stereocenters. The predicted molar refractivity (Wildman–Crippen MR) is 176 cm³/mol. The lowest BCUT2D eigenvalue weighted by atomic mass is 10.1. The van der Waals surface area contributed by atoms with Crippen LogP contribution in [0.25, 0.3) is 10.9 Å². The van der Waals surface area contributed by atoms with Gasteiger partial charge in [-0.2, -0.15) is 0 Å². The summed E-state index contributed by atoms with van der Waals surface area (Å²) in [4.78, 5) is 66.4. The van der Waals surface area contributed by atoms with Crippen molar-refractivity contribution < 1.29 is 51.6 Å². The molecule has 5 aromatic rings. The fraction of sp³-hybridized carbons (Fsp3) is 0.184. The first-order valence-corrected chi connectivity index (χ1v) is 15.8. The molecule has 0 N–H and O–H groups in total. The van der Waals surface area contributed by atoms with Gasteiger partial charge < -0.3 is 28.3 Å². The van der Waals surface area contributed by atoms with Crippen molar-refractivity contribution in [3.63, 3.8) is 0 Å². The van der Waals surface area contributed by atoms with E-state index in [1.54, 1.807) is 54.6 Å². The molecule has 1 aliphatic heterocycles. The van der Waals surface area contributed by atoms with Crippen molar-refractivity contribution in [2.75, 3.05) is 13.2 Å². The zero-order valence-corrected chi connectivity index (χ0v) is 26.9. The van der Waals surface area contributed by atoms with Gasteiger partial charge in [-0.3, -0.25) is 4.79 Å². The maximum atomic E-state index is 14.8. The number of fused-ring (bicyclic) bond motifs is 1. The molecule has 1 aromatic heterocycles. The van der Waals surface area contributed by atoms with Gasteiger partial charge in [-0.05, 0) is 49.4 Å². The van der Waals surface area contributed by atoms with E-state index in [0.717, 1.165) is 10.8 Å². The van der Waals surface area contributed by atoms with E-state index in [2.05, 4.69) is 0 Å². The summed E-state index contributed by atoms with van der Waals surface area (Å²) in [5.41, 5.74) is -1.34. The van der Waals surface area contributed by atoms with Crippen LogP contribution in [-0.4, -0.2) is 60.0 Å². The molecule has 51 heavy (non-hydrogen) atoms. The van der Waals surface area contributed by atoms with Crippen LogP contribution in [-0.2, 0) is 23.7 Å². The van der Waals surface area contributed by atoms with Gasteiger partial charge in [0.05, 0.1) is 28.8 Å². The lowest BCUT2D eigenvalue weighted by molar-refractivity contribution is -0.0605. The zero-order valence-electron chi connectivity index (χ0n) is 26.9. The van der Waals surface area contributed by atoms with Gasteiger partial charge in [0.25, 0.3) is 0 Å². The number of esters is 4. The first-order valence-electron chi connectivity index (χ1n) is 15.8. The number of aromatic nitrogens is 1. The first kappa shape index (κ1) is 34.6. The van der Waals surface area contributed by atoms with Gasteiger partial charge in [-0.15, -0.1) is 0 Å². The van der Waals surface area contributed by atoms with Crippen LogP contribution in [0.15, 0.2) is 114 Å². The molecule has 1 fully saturated rings. The number of rotatable bonds is 10. The molecule has 4 atom stereocenters. The van der Waals surface area contributed by atoms with Crippen LogP contribution in [0, 0.1) is 11.6 Å². The summed E-state index contributed by atoms with van der Waals surface area (Å²) in [6, 6.07) is 25.0. The number of pyridine rings is 1. The van der Waals surface area contributed by atoms with E-state index in [4.69, 9.17) is 23.7 Å². The number of hydrogen-bond donors (Lipinski definition) is 0. The second kappa shape index (κ2) is 15.1. The van der Waals surface area contributed by atoms with Gasteiger partial charge in [0, 0.05) is 17.6 Å². The minimum atomic E-state index is -1.58. The quantitative estimate of drug-likeness (QED) is 0.133. The van der Waals surface area contributed by atoms with E-state index < -0.39 is 83.0 Å². The Hall–Kier alpha value is -6.21. The second-order valence-corrected chi connectivity index (χ2v) is 11.3. The minimum absolute atomic E-state index is 0.105. The van der Waals surface area contributed by atoms with E-state index in [-0.39, 0.29) is 28.8 Å². The molecule has 2 heterocycles. The molecule has 0 spiro atoms. The highest BCUT2D eigenvalue weighted by atomic mass is 19.2. The standard InChI is InChI=1S/C38H29F2NO10/c1-2-47-38(46)26-20-41(29-19-28(40)27(39)18-25(29)31(26)42)34-33(51-37(45)24-16-10-5-11-17-24)32(50-36(44)23-14-8-4-9-15-23)30(49-34)21-48-35(43)22-12-6-3-7-13-22/h3-20,30,32-34H,2,21H2,1H3/t30-,32-,33-,34-/m1/s1. The molecule has 260 valence electrons. The number of halogens is 2. The van der Waals surface area contributed by atoms with Crippen LogP contribution < -0.4 is 5.43 Å². The van der Waals surface area contributed by atoms with Crippen LogP contribution in [0.4, 0.5) is 8.78 Å². The highest BCUT2D eigenvalue weighted by molar-refractivity contribution is 5.94. The monoisotopic (exact) mass is 697 g/mol. The molecule has 1 aliphatic rings.